The Balaban J connectivity index is 0.00000312. The van der Waals surface area contributed by atoms with Crippen LogP contribution in [0.5, 0.6) is 5.75 Å². The Morgan fingerprint density at radius 3 is 2.72 bits per heavy atom. The maximum absolute atomic E-state index is 5.39. The number of aromatic nitrogens is 1. The van der Waals surface area contributed by atoms with Crippen LogP contribution in [0.2, 0.25) is 0 Å². The SMILES string of the molecule is CCNC(=NCc1ncc(CC)s1)NCCc1ccccc1OC.I. The van der Waals surface area contributed by atoms with Gasteiger partial charge in [0.1, 0.15) is 10.8 Å². The van der Waals surface area contributed by atoms with Crippen molar-refractivity contribution in [3.8, 4) is 5.75 Å². The second-order valence-electron chi connectivity index (χ2n) is 5.26. The van der Waals surface area contributed by atoms with Crippen LogP contribution < -0.4 is 15.4 Å². The fraction of sp³-hybridized carbons (Fsp3) is 0.444. The van der Waals surface area contributed by atoms with Crippen LogP contribution in [0.15, 0.2) is 35.5 Å². The zero-order chi connectivity index (χ0) is 17.2. The van der Waals surface area contributed by atoms with Crippen molar-refractivity contribution in [1.29, 1.82) is 0 Å². The second-order valence-corrected chi connectivity index (χ2v) is 6.46. The molecule has 0 saturated carbocycles. The molecular weight excluding hydrogens is 447 g/mol. The number of para-hydroxylation sites is 1. The predicted molar refractivity (Wildman–Crippen MR) is 116 cm³/mol. The molecule has 138 valence electrons. The van der Waals surface area contributed by atoms with Crippen LogP contribution in [0.1, 0.15) is 29.3 Å². The van der Waals surface area contributed by atoms with E-state index in [9.17, 15) is 0 Å². The Labute approximate surface area is 171 Å². The molecule has 0 fully saturated rings. The molecule has 2 N–H and O–H groups in total. The van der Waals surface area contributed by atoms with Crippen LogP contribution in [0.25, 0.3) is 0 Å². The lowest BCUT2D eigenvalue weighted by Gasteiger charge is -2.12. The molecule has 25 heavy (non-hydrogen) atoms. The Bertz CT molecular complexity index is 660. The van der Waals surface area contributed by atoms with Crippen LogP contribution in [0, 0.1) is 0 Å². The number of ether oxygens (including phenoxy) is 1. The van der Waals surface area contributed by atoms with Gasteiger partial charge in [-0.15, -0.1) is 35.3 Å². The summed E-state index contributed by atoms with van der Waals surface area (Å²) in [7, 11) is 1.70. The number of methoxy groups -OCH3 is 1. The normalized spacial score (nSPS) is 10.9. The maximum Gasteiger partial charge on any atom is 0.191 e. The molecule has 1 heterocycles. The molecule has 0 aliphatic heterocycles. The second kappa shape index (κ2) is 12.1. The van der Waals surface area contributed by atoms with Crippen molar-refractivity contribution in [2.24, 2.45) is 4.99 Å². The minimum atomic E-state index is 0. The fourth-order valence-corrected chi connectivity index (χ4v) is 3.08. The van der Waals surface area contributed by atoms with Crippen molar-refractivity contribution in [2.75, 3.05) is 20.2 Å². The number of aryl methyl sites for hydroxylation is 1. The standard InChI is InChI=1S/C18H26N4OS.HI/c1-4-15-12-21-17(24-15)13-22-18(19-5-2)20-11-10-14-8-6-7-9-16(14)23-3;/h6-9,12H,4-5,10-11,13H2,1-3H3,(H2,19,20,22);1H. The topological polar surface area (TPSA) is 58.5 Å². The highest BCUT2D eigenvalue weighted by Gasteiger charge is 2.04. The molecule has 0 aliphatic rings. The largest absolute Gasteiger partial charge is 0.496 e. The average molecular weight is 474 g/mol. The van der Waals surface area contributed by atoms with Crippen molar-refractivity contribution in [3.63, 3.8) is 0 Å². The van der Waals surface area contributed by atoms with E-state index in [0.29, 0.717) is 6.54 Å². The van der Waals surface area contributed by atoms with Gasteiger partial charge in [-0.1, -0.05) is 25.1 Å². The van der Waals surface area contributed by atoms with Gasteiger partial charge < -0.3 is 15.4 Å². The summed E-state index contributed by atoms with van der Waals surface area (Å²) in [6, 6.07) is 8.10. The molecule has 0 radical (unpaired) electrons. The highest BCUT2D eigenvalue weighted by atomic mass is 127. The van der Waals surface area contributed by atoms with Gasteiger partial charge >= 0.3 is 0 Å². The number of benzene rings is 1. The van der Waals surface area contributed by atoms with E-state index in [0.717, 1.165) is 42.6 Å². The van der Waals surface area contributed by atoms with Crippen molar-refractivity contribution in [2.45, 2.75) is 33.2 Å². The van der Waals surface area contributed by atoms with Crippen molar-refractivity contribution < 1.29 is 4.74 Å². The summed E-state index contributed by atoms with van der Waals surface area (Å²) in [4.78, 5) is 10.3. The third-order valence-electron chi connectivity index (χ3n) is 3.55. The van der Waals surface area contributed by atoms with Gasteiger partial charge in [-0.05, 0) is 31.4 Å². The van der Waals surface area contributed by atoms with E-state index < -0.39 is 0 Å². The zero-order valence-corrected chi connectivity index (χ0v) is 18.2. The van der Waals surface area contributed by atoms with Gasteiger partial charge in [0.15, 0.2) is 5.96 Å². The number of hydrogen-bond acceptors (Lipinski definition) is 4. The Morgan fingerprint density at radius 2 is 2.04 bits per heavy atom. The molecule has 2 rings (SSSR count). The number of rotatable bonds is 8. The zero-order valence-electron chi connectivity index (χ0n) is 15.0. The van der Waals surface area contributed by atoms with Gasteiger partial charge in [-0.2, -0.15) is 0 Å². The summed E-state index contributed by atoms with van der Waals surface area (Å²) < 4.78 is 5.39. The van der Waals surface area contributed by atoms with Gasteiger partial charge in [-0.3, -0.25) is 0 Å². The quantitative estimate of drug-likeness (QED) is 0.349. The van der Waals surface area contributed by atoms with E-state index in [2.05, 4.69) is 40.5 Å². The highest BCUT2D eigenvalue weighted by molar-refractivity contribution is 14.0. The number of nitrogens with one attached hydrogen (secondary N) is 2. The molecule has 0 spiro atoms. The lowest BCUT2D eigenvalue weighted by Crippen LogP contribution is -2.38. The minimum Gasteiger partial charge on any atom is -0.496 e. The third kappa shape index (κ3) is 7.19. The number of halogens is 1. The molecule has 0 bridgehead atoms. The summed E-state index contributed by atoms with van der Waals surface area (Å²) in [6.45, 7) is 6.44. The van der Waals surface area contributed by atoms with Gasteiger partial charge in [0.2, 0.25) is 0 Å². The Hall–Kier alpha value is -1.35. The number of guanidine groups is 1. The van der Waals surface area contributed by atoms with Crippen LogP contribution in [-0.2, 0) is 19.4 Å². The van der Waals surface area contributed by atoms with Gasteiger partial charge in [0.25, 0.3) is 0 Å². The van der Waals surface area contributed by atoms with E-state index in [1.54, 1.807) is 18.4 Å². The van der Waals surface area contributed by atoms with Crippen molar-refractivity contribution in [1.82, 2.24) is 15.6 Å². The molecule has 5 nitrogen and oxygen atoms in total. The van der Waals surface area contributed by atoms with Crippen LogP contribution in [0.4, 0.5) is 0 Å². The molecule has 0 aliphatic carbocycles. The number of thiazole rings is 1. The number of hydrogen-bond donors (Lipinski definition) is 2. The molecular formula is C18H27IN4OS. The third-order valence-corrected chi connectivity index (χ3v) is 4.67. The van der Waals surface area contributed by atoms with E-state index in [4.69, 9.17) is 4.74 Å². The van der Waals surface area contributed by atoms with Gasteiger partial charge in [0, 0.05) is 24.2 Å². The van der Waals surface area contributed by atoms with E-state index in [1.165, 1.54) is 10.4 Å². The average Bonchev–Trinajstić information content (AvgIpc) is 3.08. The van der Waals surface area contributed by atoms with Gasteiger partial charge in [0.05, 0.1) is 13.7 Å². The molecule has 0 atom stereocenters. The smallest absolute Gasteiger partial charge is 0.191 e. The Kier molecular flexibility index (Phi) is 10.5. The summed E-state index contributed by atoms with van der Waals surface area (Å²) in [6.07, 6.45) is 3.85. The van der Waals surface area contributed by atoms with Crippen molar-refractivity contribution >= 4 is 41.3 Å². The minimum absolute atomic E-state index is 0. The molecule has 7 heteroatoms. The predicted octanol–water partition coefficient (Wildman–Crippen LogP) is 3.63. The lowest BCUT2D eigenvalue weighted by molar-refractivity contribution is 0.409. The molecule has 1 aromatic heterocycles. The maximum atomic E-state index is 5.39. The molecule has 2 aromatic rings. The van der Waals surface area contributed by atoms with E-state index >= 15 is 0 Å². The molecule has 0 unspecified atom stereocenters. The first-order valence-corrected chi connectivity index (χ1v) is 9.16. The highest BCUT2D eigenvalue weighted by Crippen LogP contribution is 2.17. The van der Waals surface area contributed by atoms with Crippen LogP contribution in [-0.4, -0.2) is 31.1 Å². The number of nitrogens with zero attached hydrogens (tertiary/aromatic N) is 2. The van der Waals surface area contributed by atoms with E-state index in [-0.39, 0.29) is 24.0 Å². The summed E-state index contributed by atoms with van der Waals surface area (Å²) in [5.74, 6) is 1.75. The first-order valence-electron chi connectivity index (χ1n) is 8.34. The molecule has 0 amide bonds. The first-order chi connectivity index (χ1) is 11.8. The van der Waals surface area contributed by atoms with Crippen molar-refractivity contribution in [3.05, 3.63) is 45.9 Å². The first kappa shape index (κ1) is 21.7. The Morgan fingerprint density at radius 1 is 1.24 bits per heavy atom. The number of aliphatic imine (C=N–C) groups is 1. The lowest BCUT2D eigenvalue weighted by atomic mass is 10.1. The molecule has 1 aromatic carbocycles. The van der Waals surface area contributed by atoms with E-state index in [1.807, 2.05) is 24.4 Å². The summed E-state index contributed by atoms with van der Waals surface area (Å²) >= 11 is 1.73. The van der Waals surface area contributed by atoms with Crippen LogP contribution in [0.3, 0.4) is 0 Å². The summed E-state index contributed by atoms with van der Waals surface area (Å²) in [5, 5.41) is 7.69. The van der Waals surface area contributed by atoms with Gasteiger partial charge in [-0.25, -0.2) is 9.98 Å². The fourth-order valence-electron chi connectivity index (χ4n) is 2.30. The monoisotopic (exact) mass is 474 g/mol. The molecule has 0 saturated heterocycles. The summed E-state index contributed by atoms with van der Waals surface area (Å²) in [5.41, 5.74) is 1.19. The van der Waals surface area contributed by atoms with Crippen LogP contribution >= 0.6 is 35.3 Å².